The number of hydrogen-bond donors (Lipinski definition) is 1. The Hall–Kier alpha value is -0.680. The first-order valence-electron chi connectivity index (χ1n) is 7.62. The molecule has 0 aliphatic heterocycles. The quantitative estimate of drug-likeness (QED) is 0.675. The van der Waals surface area contributed by atoms with Crippen molar-refractivity contribution in [1.29, 1.82) is 0 Å². The van der Waals surface area contributed by atoms with Gasteiger partial charge in [0.2, 0.25) is 0 Å². The minimum Gasteiger partial charge on any atom is -0.331 e. The molecule has 0 bridgehead atoms. The average molecular weight is 371 g/mol. The first-order valence-corrected chi connectivity index (χ1v) is 8.82. The molecule has 2 nitrogen and oxygen atoms in total. The van der Waals surface area contributed by atoms with Crippen LogP contribution >= 0.6 is 28.1 Å². The van der Waals surface area contributed by atoms with Crippen molar-refractivity contribution in [2.24, 2.45) is 11.8 Å². The molecule has 0 spiro atoms. The maximum Gasteiger partial charge on any atom is 0.178 e. The number of fused-ring (bicyclic) bond motifs is 1. The van der Waals surface area contributed by atoms with E-state index in [0.717, 1.165) is 35.8 Å². The van der Waals surface area contributed by atoms with Gasteiger partial charge in [-0.2, -0.15) is 0 Å². The van der Waals surface area contributed by atoms with Crippen LogP contribution in [0.2, 0.25) is 0 Å². The molecule has 21 heavy (non-hydrogen) atoms. The van der Waals surface area contributed by atoms with Gasteiger partial charge < -0.3 is 9.55 Å². The molecule has 1 aromatic carbocycles. The molecule has 1 aliphatic carbocycles. The largest absolute Gasteiger partial charge is 0.331 e. The second kappa shape index (κ2) is 6.21. The lowest BCUT2D eigenvalue weighted by Gasteiger charge is -2.26. The Morgan fingerprint density at radius 3 is 3.00 bits per heavy atom. The van der Waals surface area contributed by atoms with E-state index in [2.05, 4.69) is 27.8 Å². The van der Waals surface area contributed by atoms with Gasteiger partial charge in [-0.1, -0.05) is 26.2 Å². The molecular formula is C16H20BrFN2S. The Morgan fingerprint density at radius 1 is 1.43 bits per heavy atom. The van der Waals surface area contributed by atoms with Gasteiger partial charge >= 0.3 is 0 Å². The van der Waals surface area contributed by atoms with Gasteiger partial charge in [0.25, 0.3) is 0 Å². The van der Waals surface area contributed by atoms with Crippen molar-refractivity contribution in [2.75, 3.05) is 0 Å². The van der Waals surface area contributed by atoms with Crippen molar-refractivity contribution >= 4 is 39.2 Å². The predicted molar refractivity (Wildman–Crippen MR) is 90.5 cm³/mol. The summed E-state index contributed by atoms with van der Waals surface area (Å²) >= 11 is 8.62. The van der Waals surface area contributed by atoms with Crippen molar-refractivity contribution < 1.29 is 4.39 Å². The number of rotatable bonds is 3. The van der Waals surface area contributed by atoms with E-state index in [-0.39, 0.29) is 5.82 Å². The summed E-state index contributed by atoms with van der Waals surface area (Å²) in [5.74, 6) is 1.38. The smallest absolute Gasteiger partial charge is 0.178 e. The molecule has 3 rings (SSSR count). The van der Waals surface area contributed by atoms with Gasteiger partial charge in [0.15, 0.2) is 4.77 Å². The fourth-order valence-corrected chi connectivity index (χ4v) is 4.15. The second-order valence-corrected chi connectivity index (χ2v) is 7.53. The maximum atomic E-state index is 13.8. The predicted octanol–water partition coefficient (Wildman–Crippen LogP) is 5.82. The Labute approximate surface area is 137 Å². The topological polar surface area (TPSA) is 20.7 Å². The van der Waals surface area contributed by atoms with Gasteiger partial charge in [-0.3, -0.25) is 0 Å². The second-order valence-electron chi connectivity index (χ2n) is 6.29. The number of nitrogens with zero attached hydrogens (tertiary/aromatic N) is 1. The first kappa shape index (κ1) is 15.2. The highest BCUT2D eigenvalue weighted by Gasteiger charge is 2.19. The molecule has 2 unspecified atom stereocenters. The Balaban J connectivity index is 1.82. The van der Waals surface area contributed by atoms with E-state index in [0.29, 0.717) is 9.24 Å². The summed E-state index contributed by atoms with van der Waals surface area (Å²) < 4.78 is 17.0. The zero-order chi connectivity index (χ0) is 15.0. The number of aromatic nitrogens is 2. The first-order chi connectivity index (χ1) is 10.0. The van der Waals surface area contributed by atoms with Crippen molar-refractivity contribution in [1.82, 2.24) is 9.55 Å². The molecule has 0 saturated heterocycles. The van der Waals surface area contributed by atoms with Crippen LogP contribution in [0.25, 0.3) is 11.0 Å². The van der Waals surface area contributed by atoms with Crippen molar-refractivity contribution in [3.8, 4) is 0 Å². The van der Waals surface area contributed by atoms with E-state index in [1.54, 1.807) is 12.1 Å². The summed E-state index contributed by atoms with van der Waals surface area (Å²) in [5.41, 5.74) is 1.76. The van der Waals surface area contributed by atoms with Crippen molar-refractivity contribution in [3.05, 3.63) is 27.2 Å². The normalized spacial score (nSPS) is 22.8. The van der Waals surface area contributed by atoms with Crippen LogP contribution in [0.3, 0.4) is 0 Å². The number of aromatic amines is 1. The zero-order valence-electron chi connectivity index (χ0n) is 12.2. The van der Waals surface area contributed by atoms with E-state index in [1.165, 1.54) is 25.7 Å². The van der Waals surface area contributed by atoms with Gasteiger partial charge in [-0.25, -0.2) is 4.39 Å². The molecule has 1 N–H and O–H groups in total. The third-order valence-electron chi connectivity index (χ3n) is 4.62. The van der Waals surface area contributed by atoms with Crippen LogP contribution in [0.4, 0.5) is 4.39 Å². The van der Waals surface area contributed by atoms with Crippen molar-refractivity contribution in [2.45, 2.75) is 45.6 Å². The van der Waals surface area contributed by atoms with Crippen LogP contribution in [-0.2, 0) is 6.54 Å². The van der Waals surface area contributed by atoms with Crippen LogP contribution in [0.15, 0.2) is 16.6 Å². The molecule has 2 atom stereocenters. The summed E-state index contributed by atoms with van der Waals surface area (Å²) in [6, 6.07) is 3.33. The monoisotopic (exact) mass is 370 g/mol. The summed E-state index contributed by atoms with van der Waals surface area (Å²) in [5, 5.41) is 0. The van der Waals surface area contributed by atoms with E-state index in [1.807, 2.05) is 4.57 Å². The molecule has 114 valence electrons. The summed E-state index contributed by atoms with van der Waals surface area (Å²) in [6.07, 6.45) is 6.47. The Morgan fingerprint density at radius 2 is 2.24 bits per heavy atom. The van der Waals surface area contributed by atoms with E-state index >= 15 is 0 Å². The number of benzene rings is 1. The van der Waals surface area contributed by atoms with Gasteiger partial charge in [0.1, 0.15) is 5.82 Å². The molecule has 1 aromatic heterocycles. The van der Waals surface area contributed by atoms with Gasteiger partial charge in [0.05, 0.1) is 15.5 Å². The fourth-order valence-electron chi connectivity index (χ4n) is 3.51. The molecule has 1 heterocycles. The highest BCUT2D eigenvalue weighted by molar-refractivity contribution is 9.10. The molecule has 1 fully saturated rings. The molecular weight excluding hydrogens is 351 g/mol. The summed E-state index contributed by atoms with van der Waals surface area (Å²) in [4.78, 5) is 3.17. The van der Waals surface area contributed by atoms with E-state index < -0.39 is 0 Å². The third-order valence-corrected chi connectivity index (χ3v) is 5.55. The molecule has 0 amide bonds. The number of halogens is 2. The maximum absolute atomic E-state index is 13.8. The van der Waals surface area contributed by atoms with Gasteiger partial charge in [-0.05, 0) is 58.9 Å². The molecule has 2 aromatic rings. The van der Waals surface area contributed by atoms with Crippen LogP contribution in [-0.4, -0.2) is 9.55 Å². The molecule has 5 heteroatoms. The van der Waals surface area contributed by atoms with Gasteiger partial charge in [0, 0.05) is 12.6 Å². The number of aryl methyl sites for hydroxylation is 1. The zero-order valence-corrected chi connectivity index (χ0v) is 14.6. The lowest BCUT2D eigenvalue weighted by molar-refractivity contribution is 0.261. The SMILES string of the molecule is CC1CCCC(CCn2c(=S)[nH]c3cc(Br)c(F)cc32)C1. The number of H-pyrrole nitrogens is 1. The highest BCUT2D eigenvalue weighted by atomic mass is 79.9. The molecule has 0 radical (unpaired) electrons. The fraction of sp³-hybridized carbons (Fsp3) is 0.562. The minimum atomic E-state index is -0.239. The molecule has 1 saturated carbocycles. The van der Waals surface area contributed by atoms with E-state index in [4.69, 9.17) is 12.2 Å². The highest BCUT2D eigenvalue weighted by Crippen LogP contribution is 2.31. The van der Waals surface area contributed by atoms with Crippen LogP contribution < -0.4 is 0 Å². The number of hydrogen-bond acceptors (Lipinski definition) is 1. The van der Waals surface area contributed by atoms with Crippen LogP contribution in [0.1, 0.15) is 39.0 Å². The number of nitrogens with one attached hydrogen (secondary N) is 1. The standard InChI is InChI=1S/C16H20BrFN2S/c1-10-3-2-4-11(7-10)5-6-20-15-9-13(18)12(17)8-14(15)19-16(20)21/h8-11H,2-7H2,1H3,(H,19,21). The van der Waals surface area contributed by atoms with Crippen LogP contribution in [0.5, 0.6) is 0 Å². The lowest BCUT2D eigenvalue weighted by Crippen LogP contribution is -2.15. The lowest BCUT2D eigenvalue weighted by atomic mass is 9.81. The Bertz CT molecular complexity index is 706. The number of imidazole rings is 1. The summed E-state index contributed by atoms with van der Waals surface area (Å²) in [7, 11) is 0. The van der Waals surface area contributed by atoms with E-state index in [9.17, 15) is 4.39 Å². The summed E-state index contributed by atoms with van der Waals surface area (Å²) in [6.45, 7) is 3.22. The minimum absolute atomic E-state index is 0.239. The van der Waals surface area contributed by atoms with Gasteiger partial charge in [-0.15, -0.1) is 0 Å². The van der Waals surface area contributed by atoms with Crippen LogP contribution in [0, 0.1) is 22.4 Å². The Kier molecular flexibility index (Phi) is 4.50. The molecule has 1 aliphatic rings. The third kappa shape index (κ3) is 3.24. The van der Waals surface area contributed by atoms with Crippen molar-refractivity contribution in [3.63, 3.8) is 0 Å². The average Bonchev–Trinajstić information content (AvgIpc) is 2.72.